The molecule has 0 saturated carbocycles. The Balaban J connectivity index is 3.38. The molecule has 0 radical (unpaired) electrons. The molecule has 0 fully saturated rings. The third-order valence-electron chi connectivity index (χ3n) is 0.941. The lowest BCUT2D eigenvalue weighted by molar-refractivity contribution is 0.207. The van der Waals surface area contributed by atoms with Crippen LogP contribution in [0.3, 0.4) is 0 Å². The van der Waals surface area contributed by atoms with Crippen molar-refractivity contribution in [2.24, 2.45) is 0 Å². The van der Waals surface area contributed by atoms with Gasteiger partial charge < -0.3 is 9.84 Å². The smallest absolute Gasteiger partial charge is 0.0694 e. The van der Waals surface area contributed by atoms with Gasteiger partial charge in [-0.15, -0.1) is 0 Å². The fourth-order valence-corrected chi connectivity index (χ4v) is 0.406. The molecule has 0 bridgehead atoms. The van der Waals surface area contributed by atoms with Crippen molar-refractivity contribution in [3.05, 3.63) is 11.6 Å². The second-order valence-electron chi connectivity index (χ2n) is 1.54. The predicted molar refractivity (Wildman–Crippen MR) is 32.7 cm³/mol. The van der Waals surface area contributed by atoms with Crippen LogP contribution in [0.2, 0.25) is 0 Å². The highest BCUT2D eigenvalue weighted by Gasteiger charge is 1.88. The minimum atomic E-state index is 0.102. The van der Waals surface area contributed by atoms with Gasteiger partial charge in [0, 0.05) is 7.11 Å². The van der Waals surface area contributed by atoms with Crippen LogP contribution in [-0.2, 0) is 4.74 Å². The van der Waals surface area contributed by atoms with Crippen molar-refractivity contribution < 1.29 is 9.84 Å². The Kier molecular flexibility index (Phi) is 4.61. The first-order valence-electron chi connectivity index (χ1n) is 2.59. The van der Waals surface area contributed by atoms with Gasteiger partial charge in [-0.1, -0.05) is 6.08 Å². The molecule has 0 aliphatic heterocycles. The number of hydrogen-bond donors (Lipinski definition) is 1. The standard InChI is InChI=1S/C6H12O2/c1-3-6(4-7)5-8-2/h3,7H,4-5H2,1-2H3/b6-3+. The maximum Gasteiger partial charge on any atom is 0.0694 e. The molecule has 0 aromatic rings. The van der Waals surface area contributed by atoms with E-state index in [1.54, 1.807) is 7.11 Å². The Morgan fingerprint density at radius 1 is 1.75 bits per heavy atom. The summed E-state index contributed by atoms with van der Waals surface area (Å²) in [6, 6.07) is 0. The predicted octanol–water partition coefficient (Wildman–Crippen LogP) is 0.571. The van der Waals surface area contributed by atoms with Gasteiger partial charge >= 0.3 is 0 Å². The van der Waals surface area contributed by atoms with Crippen molar-refractivity contribution in [2.75, 3.05) is 20.3 Å². The highest BCUT2D eigenvalue weighted by Crippen LogP contribution is 1.90. The van der Waals surface area contributed by atoms with Gasteiger partial charge in [-0.05, 0) is 12.5 Å². The maximum absolute atomic E-state index is 8.51. The molecule has 48 valence electrons. The van der Waals surface area contributed by atoms with Gasteiger partial charge in [-0.25, -0.2) is 0 Å². The fourth-order valence-electron chi connectivity index (χ4n) is 0.406. The largest absolute Gasteiger partial charge is 0.392 e. The molecule has 2 nitrogen and oxygen atoms in total. The van der Waals surface area contributed by atoms with Crippen molar-refractivity contribution in [1.82, 2.24) is 0 Å². The summed E-state index contributed by atoms with van der Waals surface area (Å²) >= 11 is 0. The second-order valence-corrected chi connectivity index (χ2v) is 1.54. The number of hydrogen-bond acceptors (Lipinski definition) is 2. The minimum Gasteiger partial charge on any atom is -0.392 e. The van der Waals surface area contributed by atoms with Gasteiger partial charge in [0.05, 0.1) is 13.2 Å². The normalized spacial score (nSPS) is 12.1. The third-order valence-corrected chi connectivity index (χ3v) is 0.941. The SMILES string of the molecule is C/C=C(\CO)COC. The molecule has 0 amide bonds. The molecule has 0 aliphatic carbocycles. The minimum absolute atomic E-state index is 0.102. The van der Waals surface area contributed by atoms with Crippen LogP contribution in [0.15, 0.2) is 11.6 Å². The van der Waals surface area contributed by atoms with Gasteiger partial charge in [0.2, 0.25) is 0 Å². The number of methoxy groups -OCH3 is 1. The van der Waals surface area contributed by atoms with E-state index in [1.165, 1.54) is 0 Å². The molecular formula is C6H12O2. The summed E-state index contributed by atoms with van der Waals surface area (Å²) in [5.74, 6) is 0. The highest BCUT2D eigenvalue weighted by molar-refractivity contribution is 4.99. The zero-order chi connectivity index (χ0) is 6.41. The van der Waals surface area contributed by atoms with E-state index in [0.717, 1.165) is 5.57 Å². The van der Waals surface area contributed by atoms with Crippen molar-refractivity contribution in [2.45, 2.75) is 6.92 Å². The Labute approximate surface area is 49.8 Å². The van der Waals surface area contributed by atoms with Gasteiger partial charge in [0.1, 0.15) is 0 Å². The molecule has 2 heteroatoms. The first-order valence-corrected chi connectivity index (χ1v) is 2.59. The molecule has 0 aliphatic rings. The molecule has 0 rings (SSSR count). The zero-order valence-corrected chi connectivity index (χ0v) is 5.35. The quantitative estimate of drug-likeness (QED) is 0.546. The number of aliphatic hydroxyl groups is 1. The van der Waals surface area contributed by atoms with E-state index in [1.807, 2.05) is 13.0 Å². The molecule has 8 heavy (non-hydrogen) atoms. The van der Waals surface area contributed by atoms with Gasteiger partial charge in [0.15, 0.2) is 0 Å². The summed E-state index contributed by atoms with van der Waals surface area (Å²) in [6.07, 6.45) is 1.85. The summed E-state index contributed by atoms with van der Waals surface area (Å²) in [7, 11) is 1.61. The summed E-state index contributed by atoms with van der Waals surface area (Å²) in [6.45, 7) is 2.52. The molecule has 1 N–H and O–H groups in total. The topological polar surface area (TPSA) is 29.5 Å². The van der Waals surface area contributed by atoms with E-state index in [4.69, 9.17) is 9.84 Å². The Bertz CT molecular complexity index is 76.6. The molecule has 0 aromatic carbocycles. The van der Waals surface area contributed by atoms with Crippen LogP contribution in [0, 0.1) is 0 Å². The van der Waals surface area contributed by atoms with E-state index in [9.17, 15) is 0 Å². The van der Waals surface area contributed by atoms with Gasteiger partial charge in [-0.3, -0.25) is 0 Å². The molecular weight excluding hydrogens is 104 g/mol. The molecule has 0 heterocycles. The number of allylic oxidation sites excluding steroid dienone is 1. The van der Waals surface area contributed by atoms with Crippen molar-refractivity contribution >= 4 is 0 Å². The van der Waals surface area contributed by atoms with Crippen LogP contribution in [0.5, 0.6) is 0 Å². The number of aliphatic hydroxyl groups excluding tert-OH is 1. The van der Waals surface area contributed by atoms with Crippen LogP contribution >= 0.6 is 0 Å². The Morgan fingerprint density at radius 3 is 2.50 bits per heavy atom. The average Bonchev–Trinajstić information content (AvgIpc) is 1.83. The maximum atomic E-state index is 8.51. The average molecular weight is 116 g/mol. The highest BCUT2D eigenvalue weighted by atomic mass is 16.5. The van der Waals surface area contributed by atoms with E-state index in [-0.39, 0.29) is 6.61 Å². The van der Waals surface area contributed by atoms with Crippen LogP contribution in [0.1, 0.15) is 6.92 Å². The van der Waals surface area contributed by atoms with Gasteiger partial charge in [-0.2, -0.15) is 0 Å². The third kappa shape index (κ3) is 2.77. The molecule has 0 unspecified atom stereocenters. The van der Waals surface area contributed by atoms with E-state index in [2.05, 4.69) is 0 Å². The molecule has 0 spiro atoms. The van der Waals surface area contributed by atoms with Crippen molar-refractivity contribution in [3.63, 3.8) is 0 Å². The van der Waals surface area contributed by atoms with Crippen LogP contribution in [-0.4, -0.2) is 25.4 Å². The first kappa shape index (κ1) is 7.66. The summed E-state index contributed by atoms with van der Waals surface area (Å²) in [4.78, 5) is 0. The van der Waals surface area contributed by atoms with Gasteiger partial charge in [0.25, 0.3) is 0 Å². The van der Waals surface area contributed by atoms with Crippen LogP contribution in [0.25, 0.3) is 0 Å². The summed E-state index contributed by atoms with van der Waals surface area (Å²) in [5.41, 5.74) is 0.924. The molecule has 0 aromatic heterocycles. The molecule has 0 saturated heterocycles. The summed E-state index contributed by atoms with van der Waals surface area (Å²) < 4.78 is 4.76. The zero-order valence-electron chi connectivity index (χ0n) is 5.35. The lowest BCUT2D eigenvalue weighted by atomic mass is 10.3. The monoisotopic (exact) mass is 116 g/mol. The van der Waals surface area contributed by atoms with Crippen LogP contribution < -0.4 is 0 Å². The number of ether oxygens (including phenoxy) is 1. The first-order chi connectivity index (χ1) is 3.85. The Hall–Kier alpha value is -0.340. The van der Waals surface area contributed by atoms with Crippen LogP contribution in [0.4, 0.5) is 0 Å². The van der Waals surface area contributed by atoms with E-state index in [0.29, 0.717) is 6.61 Å². The Morgan fingerprint density at radius 2 is 2.38 bits per heavy atom. The van der Waals surface area contributed by atoms with Crippen molar-refractivity contribution in [3.8, 4) is 0 Å². The second kappa shape index (κ2) is 4.81. The lowest BCUT2D eigenvalue weighted by Crippen LogP contribution is -1.97. The summed E-state index contributed by atoms with van der Waals surface area (Å²) in [5, 5.41) is 8.51. The number of rotatable bonds is 3. The fraction of sp³-hybridized carbons (Fsp3) is 0.667. The van der Waals surface area contributed by atoms with E-state index < -0.39 is 0 Å². The van der Waals surface area contributed by atoms with E-state index >= 15 is 0 Å². The van der Waals surface area contributed by atoms with Crippen molar-refractivity contribution in [1.29, 1.82) is 0 Å². The molecule has 0 atom stereocenters. The lowest BCUT2D eigenvalue weighted by Gasteiger charge is -1.98.